The number of thiazole rings is 1. The van der Waals surface area contributed by atoms with Crippen LogP contribution >= 0.6 is 35.3 Å². The normalized spacial score (nSPS) is 11.5. The van der Waals surface area contributed by atoms with Crippen molar-refractivity contribution in [2.24, 2.45) is 0 Å². The van der Waals surface area contributed by atoms with Gasteiger partial charge in [-0.1, -0.05) is 41.3 Å². The molecule has 0 bridgehead atoms. The maximum absolute atomic E-state index is 11.1. The lowest BCUT2D eigenvalue weighted by atomic mass is 10.3. The van der Waals surface area contributed by atoms with Gasteiger partial charge in [-0.2, -0.15) is 0 Å². The highest BCUT2D eigenvalue weighted by atomic mass is 32.2. The van der Waals surface area contributed by atoms with Crippen LogP contribution < -0.4 is 9.84 Å². The fraction of sp³-hybridized carbons (Fsp3) is 0.100. The Hall–Kier alpha value is -2.95. The molecular formula is C20H13N4O3S3-. The van der Waals surface area contributed by atoms with Crippen LogP contribution in [0.4, 0.5) is 0 Å². The molecule has 0 fully saturated rings. The van der Waals surface area contributed by atoms with Crippen LogP contribution in [-0.4, -0.2) is 37.8 Å². The summed E-state index contributed by atoms with van der Waals surface area (Å²) in [7, 11) is 1.61. The van der Waals surface area contributed by atoms with Gasteiger partial charge < -0.3 is 14.6 Å². The number of carboxylic acids is 1. The van der Waals surface area contributed by atoms with Crippen molar-refractivity contribution in [3.05, 3.63) is 52.5 Å². The number of aliphatic carboxylic acids is 1. The molecule has 0 radical (unpaired) electrons. The molecule has 5 rings (SSSR count). The highest BCUT2D eigenvalue weighted by Gasteiger charge is 2.19. The molecule has 5 aromatic rings. The summed E-state index contributed by atoms with van der Waals surface area (Å²) < 4.78 is 10.5. The van der Waals surface area contributed by atoms with Gasteiger partial charge >= 0.3 is 0 Å². The van der Waals surface area contributed by atoms with E-state index in [0.29, 0.717) is 26.2 Å². The van der Waals surface area contributed by atoms with E-state index in [0.717, 1.165) is 33.2 Å². The Kier molecular flexibility index (Phi) is 4.69. The predicted molar refractivity (Wildman–Crippen MR) is 118 cm³/mol. The standard InChI is InChI=1S/C20H14N4O3S3/c1-27-12-6-4-5-11(9-12)23-18-16(30-20(23)28)17-21-13-7-2-3-8-14(13)24(17)19(22-18)29-10-15(25)26/h2-9H,10H2,1H3,(H,25,26)/p-1. The first-order valence-corrected chi connectivity index (χ1v) is 11.1. The number of benzene rings is 2. The topological polar surface area (TPSA) is 84.5 Å². The molecule has 0 N–H and O–H groups in total. The molecule has 3 heterocycles. The molecular weight excluding hydrogens is 440 g/mol. The third kappa shape index (κ3) is 3.04. The SMILES string of the molecule is COc1cccc(-n2c(=S)sc3c2nc(SCC(=O)[O-])n2c4ccccc4nc32)c1. The maximum Gasteiger partial charge on any atom is 0.176 e. The Balaban J connectivity index is 1.87. The number of hydrogen-bond donors (Lipinski definition) is 0. The number of nitrogens with zero attached hydrogens (tertiary/aromatic N) is 4. The highest BCUT2D eigenvalue weighted by Crippen LogP contribution is 2.34. The van der Waals surface area contributed by atoms with Crippen LogP contribution in [0.2, 0.25) is 0 Å². The lowest BCUT2D eigenvalue weighted by Gasteiger charge is -2.10. The molecule has 0 saturated heterocycles. The van der Waals surface area contributed by atoms with E-state index in [-0.39, 0.29) is 5.75 Å². The fourth-order valence-corrected chi connectivity index (χ4v) is 5.39. The Morgan fingerprint density at radius 3 is 2.83 bits per heavy atom. The van der Waals surface area contributed by atoms with Crippen molar-refractivity contribution in [1.82, 2.24) is 18.9 Å². The van der Waals surface area contributed by atoms with Crippen LogP contribution in [0.25, 0.3) is 32.7 Å². The summed E-state index contributed by atoms with van der Waals surface area (Å²) in [6.45, 7) is 0. The van der Waals surface area contributed by atoms with Gasteiger partial charge in [0, 0.05) is 11.8 Å². The Morgan fingerprint density at radius 2 is 2.03 bits per heavy atom. The molecule has 150 valence electrons. The van der Waals surface area contributed by atoms with Gasteiger partial charge in [0.25, 0.3) is 0 Å². The molecule has 0 saturated carbocycles. The molecule has 0 atom stereocenters. The molecule has 10 heteroatoms. The van der Waals surface area contributed by atoms with E-state index in [4.69, 9.17) is 26.9 Å². The summed E-state index contributed by atoms with van der Waals surface area (Å²) in [5.41, 5.74) is 3.79. The molecule has 2 aromatic carbocycles. The number of carbonyl (C=O) groups is 1. The Labute approximate surface area is 183 Å². The average Bonchev–Trinajstić information content (AvgIpc) is 3.29. The zero-order valence-electron chi connectivity index (χ0n) is 15.6. The van der Waals surface area contributed by atoms with Crippen molar-refractivity contribution >= 4 is 68.3 Å². The van der Waals surface area contributed by atoms with E-state index in [1.807, 2.05) is 57.5 Å². The van der Waals surface area contributed by atoms with Gasteiger partial charge in [-0.3, -0.25) is 8.97 Å². The monoisotopic (exact) mass is 453 g/mol. The molecule has 3 aromatic heterocycles. The molecule has 0 spiro atoms. The number of para-hydroxylation sites is 2. The molecule has 7 nitrogen and oxygen atoms in total. The number of thioether (sulfide) groups is 1. The zero-order valence-corrected chi connectivity index (χ0v) is 18.0. The minimum absolute atomic E-state index is 0.218. The minimum atomic E-state index is -1.16. The number of hydrogen-bond acceptors (Lipinski definition) is 8. The number of ether oxygens (including phenoxy) is 1. The lowest BCUT2D eigenvalue weighted by Crippen LogP contribution is -2.24. The second-order valence-electron chi connectivity index (χ2n) is 6.37. The average molecular weight is 454 g/mol. The quantitative estimate of drug-likeness (QED) is 0.229. The first kappa shape index (κ1) is 19.0. The van der Waals surface area contributed by atoms with Crippen LogP contribution in [0.3, 0.4) is 0 Å². The fourth-order valence-electron chi connectivity index (χ4n) is 3.32. The number of methoxy groups -OCH3 is 1. The van der Waals surface area contributed by atoms with Gasteiger partial charge in [0.15, 0.2) is 20.4 Å². The Bertz CT molecular complexity index is 1500. The summed E-state index contributed by atoms with van der Waals surface area (Å²) in [5.74, 6) is -0.674. The first-order chi connectivity index (χ1) is 14.6. The molecule has 0 aliphatic heterocycles. The van der Waals surface area contributed by atoms with E-state index in [2.05, 4.69) is 0 Å². The van der Waals surface area contributed by atoms with Crippen LogP contribution in [0.1, 0.15) is 0 Å². The maximum atomic E-state index is 11.1. The van der Waals surface area contributed by atoms with Gasteiger partial charge in [0.2, 0.25) is 0 Å². The minimum Gasteiger partial charge on any atom is -0.549 e. The van der Waals surface area contributed by atoms with Gasteiger partial charge in [0.05, 0.1) is 29.8 Å². The van der Waals surface area contributed by atoms with E-state index < -0.39 is 5.97 Å². The summed E-state index contributed by atoms with van der Waals surface area (Å²) in [6.07, 6.45) is 0. The van der Waals surface area contributed by atoms with E-state index >= 15 is 0 Å². The predicted octanol–water partition coefficient (Wildman–Crippen LogP) is 3.47. The summed E-state index contributed by atoms with van der Waals surface area (Å²) in [6, 6.07) is 15.2. The largest absolute Gasteiger partial charge is 0.549 e. The molecule has 0 unspecified atom stereocenters. The molecule has 0 amide bonds. The highest BCUT2D eigenvalue weighted by molar-refractivity contribution is 7.99. The van der Waals surface area contributed by atoms with E-state index in [9.17, 15) is 9.90 Å². The number of imidazole rings is 1. The number of aromatic nitrogens is 4. The van der Waals surface area contributed by atoms with Crippen LogP contribution in [-0.2, 0) is 4.79 Å². The van der Waals surface area contributed by atoms with E-state index in [1.54, 1.807) is 7.11 Å². The Morgan fingerprint density at radius 1 is 1.20 bits per heavy atom. The lowest BCUT2D eigenvalue weighted by molar-refractivity contribution is -0.301. The number of carbonyl (C=O) groups excluding carboxylic acids is 1. The van der Waals surface area contributed by atoms with Crippen molar-refractivity contribution in [1.29, 1.82) is 0 Å². The van der Waals surface area contributed by atoms with Crippen LogP contribution in [0.15, 0.2) is 53.7 Å². The van der Waals surface area contributed by atoms with Crippen LogP contribution in [0.5, 0.6) is 5.75 Å². The van der Waals surface area contributed by atoms with Gasteiger partial charge in [0.1, 0.15) is 10.4 Å². The van der Waals surface area contributed by atoms with Gasteiger partial charge in [-0.05, 0) is 36.5 Å². The third-order valence-electron chi connectivity index (χ3n) is 4.57. The molecule has 30 heavy (non-hydrogen) atoms. The first-order valence-electron chi connectivity index (χ1n) is 8.86. The second kappa shape index (κ2) is 7.38. The van der Waals surface area contributed by atoms with Crippen molar-refractivity contribution < 1.29 is 14.6 Å². The van der Waals surface area contributed by atoms with E-state index in [1.165, 1.54) is 11.3 Å². The third-order valence-corrected chi connectivity index (χ3v) is 6.85. The number of rotatable bonds is 5. The summed E-state index contributed by atoms with van der Waals surface area (Å²) in [4.78, 5) is 20.7. The zero-order chi connectivity index (χ0) is 20.8. The summed E-state index contributed by atoms with van der Waals surface area (Å²) >= 11 is 8.17. The number of fused-ring (bicyclic) bond motifs is 5. The van der Waals surface area contributed by atoms with Gasteiger partial charge in [-0.15, -0.1) is 0 Å². The van der Waals surface area contributed by atoms with Crippen LogP contribution in [0, 0.1) is 3.95 Å². The van der Waals surface area contributed by atoms with Crippen molar-refractivity contribution in [2.75, 3.05) is 12.9 Å². The molecule has 0 aliphatic carbocycles. The molecule has 0 aliphatic rings. The second-order valence-corrected chi connectivity index (χ2v) is 8.96. The summed E-state index contributed by atoms with van der Waals surface area (Å²) in [5, 5.41) is 11.6. The smallest absolute Gasteiger partial charge is 0.176 e. The number of carboxylic acid groups (broad SMARTS) is 1. The van der Waals surface area contributed by atoms with Gasteiger partial charge in [-0.25, -0.2) is 9.97 Å². The van der Waals surface area contributed by atoms with Crippen molar-refractivity contribution in [3.8, 4) is 11.4 Å². The van der Waals surface area contributed by atoms with Crippen molar-refractivity contribution in [3.63, 3.8) is 0 Å². The van der Waals surface area contributed by atoms with Crippen molar-refractivity contribution in [2.45, 2.75) is 5.16 Å².